The molecule has 0 amide bonds. The van der Waals surface area contributed by atoms with E-state index in [0.717, 1.165) is 22.0 Å². The third-order valence-corrected chi connectivity index (χ3v) is 4.30. The molecule has 1 N–H and O–H groups in total. The van der Waals surface area contributed by atoms with Crippen molar-refractivity contribution in [3.05, 3.63) is 71.4 Å². The zero-order chi connectivity index (χ0) is 18.1. The minimum Gasteiger partial charge on any atom is -0.465 e. The number of methoxy groups -OCH3 is 1. The van der Waals surface area contributed by atoms with Gasteiger partial charge in [-0.25, -0.2) is 9.78 Å². The molecule has 0 unspecified atom stereocenters. The molecule has 0 spiro atoms. The van der Waals surface area contributed by atoms with Crippen LogP contribution in [-0.4, -0.2) is 23.0 Å². The van der Waals surface area contributed by atoms with E-state index >= 15 is 0 Å². The highest BCUT2D eigenvalue weighted by molar-refractivity contribution is 6.30. The molecule has 128 valence electrons. The Hall–Kier alpha value is -3.18. The van der Waals surface area contributed by atoms with Crippen molar-refractivity contribution in [2.45, 2.75) is 0 Å². The Balaban J connectivity index is 1.93. The van der Waals surface area contributed by atoms with Gasteiger partial charge in [0.1, 0.15) is 5.52 Å². The van der Waals surface area contributed by atoms with Crippen LogP contribution in [0.25, 0.3) is 21.8 Å². The van der Waals surface area contributed by atoms with Gasteiger partial charge in [0.25, 0.3) is 0 Å². The maximum absolute atomic E-state index is 11.8. The summed E-state index contributed by atoms with van der Waals surface area (Å²) in [5.41, 5.74) is 2.67. The van der Waals surface area contributed by atoms with Gasteiger partial charge in [-0.05, 0) is 36.4 Å². The van der Waals surface area contributed by atoms with E-state index in [0.29, 0.717) is 21.9 Å². The lowest BCUT2D eigenvalue weighted by Crippen LogP contribution is -2.02. The molecule has 26 heavy (non-hydrogen) atoms. The summed E-state index contributed by atoms with van der Waals surface area (Å²) in [4.78, 5) is 21.0. The Bertz CT molecular complexity index is 1140. The number of ether oxygens (including phenoxy) is 1. The van der Waals surface area contributed by atoms with Crippen molar-refractivity contribution in [2.24, 2.45) is 0 Å². The number of aromatic nitrogens is 2. The second kappa shape index (κ2) is 6.61. The molecule has 0 fully saturated rings. The number of nitrogens with zero attached hydrogens (tertiary/aromatic N) is 2. The average Bonchev–Trinajstić information content (AvgIpc) is 2.67. The Labute approximate surface area is 154 Å². The second-order valence-corrected chi connectivity index (χ2v) is 6.16. The number of hydrogen-bond donors (Lipinski definition) is 1. The molecule has 2 heterocycles. The number of benzene rings is 2. The highest BCUT2D eigenvalue weighted by Gasteiger charge is 2.13. The molecule has 0 aliphatic heterocycles. The van der Waals surface area contributed by atoms with Crippen LogP contribution < -0.4 is 5.32 Å². The van der Waals surface area contributed by atoms with Crippen LogP contribution in [0.4, 0.5) is 11.5 Å². The summed E-state index contributed by atoms with van der Waals surface area (Å²) in [7, 11) is 1.36. The predicted molar refractivity (Wildman–Crippen MR) is 103 cm³/mol. The lowest BCUT2D eigenvalue weighted by molar-refractivity contribution is 0.0601. The average molecular weight is 364 g/mol. The number of carbonyl (C=O) groups excluding carboxylic acids is 1. The van der Waals surface area contributed by atoms with Gasteiger partial charge in [-0.15, -0.1) is 0 Å². The van der Waals surface area contributed by atoms with Gasteiger partial charge in [-0.3, -0.25) is 4.98 Å². The summed E-state index contributed by atoms with van der Waals surface area (Å²) in [6.45, 7) is 0. The van der Waals surface area contributed by atoms with E-state index in [-0.39, 0.29) is 0 Å². The summed E-state index contributed by atoms with van der Waals surface area (Å²) in [5.74, 6) is 0.196. The number of hydrogen-bond acceptors (Lipinski definition) is 5. The molecule has 0 saturated carbocycles. The van der Waals surface area contributed by atoms with Crippen LogP contribution in [0.1, 0.15) is 10.4 Å². The van der Waals surface area contributed by atoms with E-state index in [1.807, 2.05) is 36.4 Å². The molecule has 4 aromatic rings. The predicted octanol–water partition coefficient (Wildman–Crippen LogP) is 4.97. The lowest BCUT2D eigenvalue weighted by atomic mass is 10.1. The second-order valence-electron chi connectivity index (χ2n) is 5.72. The number of carbonyl (C=O) groups is 1. The van der Waals surface area contributed by atoms with Gasteiger partial charge in [0, 0.05) is 27.7 Å². The van der Waals surface area contributed by atoms with Crippen LogP contribution in [0.3, 0.4) is 0 Å². The van der Waals surface area contributed by atoms with Crippen LogP contribution in [0.5, 0.6) is 0 Å². The van der Waals surface area contributed by atoms with Gasteiger partial charge >= 0.3 is 5.97 Å². The Morgan fingerprint density at radius 3 is 2.77 bits per heavy atom. The first-order chi connectivity index (χ1) is 12.7. The molecule has 0 aliphatic rings. The standard InChI is InChI=1S/C20H14ClN3O2/c1-26-20(25)12-7-8-15-16-6-3-9-22-18(16)19(24-17(15)10-12)23-14-5-2-4-13(21)11-14/h2-11H,1H3,(H,23,24). The van der Waals surface area contributed by atoms with E-state index < -0.39 is 5.97 Å². The molecule has 6 heteroatoms. The fourth-order valence-corrected chi connectivity index (χ4v) is 3.06. The minimum absolute atomic E-state index is 0.399. The zero-order valence-electron chi connectivity index (χ0n) is 13.9. The SMILES string of the molecule is COC(=O)c1ccc2c(c1)nc(Nc1cccc(Cl)c1)c1ncccc12. The van der Waals surface area contributed by atoms with E-state index in [2.05, 4.69) is 15.3 Å². The van der Waals surface area contributed by atoms with Crippen molar-refractivity contribution >= 4 is 50.9 Å². The number of anilines is 2. The number of pyridine rings is 2. The number of nitrogens with one attached hydrogen (secondary N) is 1. The number of halogens is 1. The third-order valence-electron chi connectivity index (χ3n) is 4.06. The lowest BCUT2D eigenvalue weighted by Gasteiger charge is -2.11. The molecule has 0 bridgehead atoms. The zero-order valence-corrected chi connectivity index (χ0v) is 14.6. The topological polar surface area (TPSA) is 64.1 Å². The van der Waals surface area contributed by atoms with Crippen molar-refractivity contribution in [1.29, 1.82) is 0 Å². The smallest absolute Gasteiger partial charge is 0.337 e. The normalized spacial score (nSPS) is 10.8. The van der Waals surface area contributed by atoms with Gasteiger partial charge in [-0.1, -0.05) is 29.8 Å². The molecular weight excluding hydrogens is 350 g/mol. The van der Waals surface area contributed by atoms with Gasteiger partial charge in [-0.2, -0.15) is 0 Å². The highest BCUT2D eigenvalue weighted by atomic mass is 35.5. The summed E-state index contributed by atoms with van der Waals surface area (Å²) in [6, 6.07) is 16.5. The van der Waals surface area contributed by atoms with Gasteiger partial charge in [0.05, 0.1) is 18.2 Å². The first-order valence-corrected chi connectivity index (χ1v) is 8.33. The van der Waals surface area contributed by atoms with Crippen molar-refractivity contribution in [2.75, 3.05) is 12.4 Å². The number of fused-ring (bicyclic) bond motifs is 3. The van der Waals surface area contributed by atoms with Crippen LogP contribution in [-0.2, 0) is 4.74 Å². The van der Waals surface area contributed by atoms with E-state index in [4.69, 9.17) is 16.3 Å². The fourth-order valence-electron chi connectivity index (χ4n) is 2.87. The first kappa shape index (κ1) is 16.3. The van der Waals surface area contributed by atoms with E-state index in [1.165, 1.54) is 7.11 Å². The maximum Gasteiger partial charge on any atom is 0.337 e. The Kier molecular flexibility index (Phi) is 4.14. The molecule has 0 atom stereocenters. The molecular formula is C20H14ClN3O2. The van der Waals surface area contributed by atoms with Crippen molar-refractivity contribution in [1.82, 2.24) is 9.97 Å². The van der Waals surface area contributed by atoms with Gasteiger partial charge in [0.15, 0.2) is 5.82 Å². The number of esters is 1. The van der Waals surface area contributed by atoms with Crippen LogP contribution >= 0.6 is 11.6 Å². The molecule has 5 nitrogen and oxygen atoms in total. The van der Waals surface area contributed by atoms with E-state index in [9.17, 15) is 4.79 Å². The first-order valence-electron chi connectivity index (χ1n) is 7.95. The summed E-state index contributed by atoms with van der Waals surface area (Å²) in [5, 5.41) is 5.75. The van der Waals surface area contributed by atoms with Crippen molar-refractivity contribution in [3.63, 3.8) is 0 Å². The molecule has 4 rings (SSSR count). The van der Waals surface area contributed by atoms with Crippen LogP contribution in [0.15, 0.2) is 60.8 Å². The summed E-state index contributed by atoms with van der Waals surface area (Å²) < 4.78 is 4.80. The highest BCUT2D eigenvalue weighted by Crippen LogP contribution is 2.30. The Morgan fingerprint density at radius 2 is 1.96 bits per heavy atom. The largest absolute Gasteiger partial charge is 0.465 e. The molecule has 0 aliphatic carbocycles. The summed E-state index contributed by atoms with van der Waals surface area (Å²) >= 11 is 6.07. The molecule has 0 radical (unpaired) electrons. The third kappa shape index (κ3) is 2.93. The molecule has 0 saturated heterocycles. The van der Waals surface area contributed by atoms with Crippen LogP contribution in [0.2, 0.25) is 5.02 Å². The molecule has 2 aromatic heterocycles. The fraction of sp³-hybridized carbons (Fsp3) is 0.0500. The van der Waals surface area contributed by atoms with E-state index in [1.54, 1.807) is 24.4 Å². The summed E-state index contributed by atoms with van der Waals surface area (Å²) in [6.07, 6.45) is 1.72. The van der Waals surface area contributed by atoms with Crippen LogP contribution in [0, 0.1) is 0 Å². The monoisotopic (exact) mass is 363 g/mol. The van der Waals surface area contributed by atoms with Gasteiger partial charge in [0.2, 0.25) is 0 Å². The van der Waals surface area contributed by atoms with Crippen molar-refractivity contribution < 1.29 is 9.53 Å². The van der Waals surface area contributed by atoms with Crippen molar-refractivity contribution in [3.8, 4) is 0 Å². The minimum atomic E-state index is -0.399. The Morgan fingerprint density at radius 1 is 1.08 bits per heavy atom. The quantitative estimate of drug-likeness (QED) is 0.411. The number of rotatable bonds is 3. The molecule has 2 aromatic carbocycles. The van der Waals surface area contributed by atoms with Gasteiger partial charge < -0.3 is 10.1 Å². The maximum atomic E-state index is 11.8.